The minimum Gasteiger partial charge on any atom is -0.333 e. The Labute approximate surface area is 117 Å². The predicted molar refractivity (Wildman–Crippen MR) is 75.0 cm³/mol. The summed E-state index contributed by atoms with van der Waals surface area (Å²) in [5.41, 5.74) is 0. The summed E-state index contributed by atoms with van der Waals surface area (Å²) in [5.74, 6) is 0.0602. The first-order valence-electron chi connectivity index (χ1n) is 6.69. The van der Waals surface area contributed by atoms with Crippen LogP contribution in [0.3, 0.4) is 0 Å². The van der Waals surface area contributed by atoms with Gasteiger partial charge in [-0.15, -0.1) is 11.3 Å². The molecule has 0 aromatic carbocycles. The van der Waals surface area contributed by atoms with Gasteiger partial charge in [-0.25, -0.2) is 4.98 Å². The van der Waals surface area contributed by atoms with Crippen molar-refractivity contribution in [2.24, 2.45) is 5.92 Å². The number of nitrogens with one attached hydrogen (secondary N) is 1. The van der Waals surface area contributed by atoms with Crippen molar-refractivity contribution in [3.8, 4) is 0 Å². The van der Waals surface area contributed by atoms with Gasteiger partial charge in [0.05, 0.1) is 6.54 Å². The topological polar surface area (TPSA) is 62.3 Å². The number of amides is 2. The molecule has 0 atom stereocenters. The molecule has 1 aromatic rings. The molecule has 1 aliphatic rings. The Morgan fingerprint density at radius 1 is 1.47 bits per heavy atom. The molecule has 1 heterocycles. The first-order valence-corrected chi connectivity index (χ1v) is 7.56. The van der Waals surface area contributed by atoms with Gasteiger partial charge in [-0.05, 0) is 19.8 Å². The Hall–Kier alpha value is -1.43. The maximum atomic E-state index is 12.2. The minimum atomic E-state index is -0.178. The lowest BCUT2D eigenvalue weighted by Gasteiger charge is -2.23. The lowest BCUT2D eigenvalue weighted by Crippen LogP contribution is -2.40. The molecule has 5 nitrogen and oxygen atoms in total. The van der Waals surface area contributed by atoms with Gasteiger partial charge in [0.1, 0.15) is 0 Å². The van der Waals surface area contributed by atoms with Crippen LogP contribution >= 0.6 is 11.3 Å². The number of aromatic nitrogens is 1. The van der Waals surface area contributed by atoms with Gasteiger partial charge in [-0.1, -0.05) is 12.8 Å². The summed E-state index contributed by atoms with van der Waals surface area (Å²) < 4.78 is 0. The Balaban J connectivity index is 1.87. The van der Waals surface area contributed by atoms with Crippen molar-refractivity contribution >= 4 is 28.3 Å². The van der Waals surface area contributed by atoms with E-state index in [0.29, 0.717) is 11.7 Å². The molecule has 1 aliphatic carbocycles. The average Bonchev–Trinajstić information content (AvgIpc) is 3.07. The average molecular weight is 281 g/mol. The summed E-state index contributed by atoms with van der Waals surface area (Å²) in [4.78, 5) is 29.7. The predicted octanol–water partition coefficient (Wildman–Crippen LogP) is 2.12. The molecule has 104 valence electrons. The molecule has 1 N–H and O–H groups in total. The van der Waals surface area contributed by atoms with Crippen LogP contribution in [-0.4, -0.2) is 34.8 Å². The van der Waals surface area contributed by atoms with Gasteiger partial charge in [0, 0.05) is 24.0 Å². The van der Waals surface area contributed by atoms with Crippen molar-refractivity contribution in [1.29, 1.82) is 0 Å². The van der Waals surface area contributed by atoms with E-state index in [1.807, 2.05) is 6.92 Å². The van der Waals surface area contributed by atoms with E-state index in [2.05, 4.69) is 10.3 Å². The Kier molecular flexibility index (Phi) is 4.90. The van der Waals surface area contributed by atoms with E-state index in [0.717, 1.165) is 25.7 Å². The van der Waals surface area contributed by atoms with Crippen LogP contribution in [0.1, 0.15) is 32.6 Å². The maximum absolute atomic E-state index is 12.2. The molecule has 0 unspecified atom stereocenters. The number of likely N-dealkylation sites (N-methyl/N-ethyl adjacent to an activating group) is 1. The molecular weight excluding hydrogens is 262 g/mol. The second-order valence-electron chi connectivity index (χ2n) is 4.72. The summed E-state index contributed by atoms with van der Waals surface area (Å²) in [5, 5.41) is 5.09. The van der Waals surface area contributed by atoms with Crippen molar-refractivity contribution in [2.75, 3.05) is 18.4 Å². The molecule has 0 radical (unpaired) electrons. The maximum Gasteiger partial charge on any atom is 0.245 e. The number of nitrogens with zero attached hydrogens (tertiary/aromatic N) is 2. The first-order chi connectivity index (χ1) is 9.20. The van der Waals surface area contributed by atoms with Crippen LogP contribution in [0.25, 0.3) is 0 Å². The minimum absolute atomic E-state index is 0.116. The zero-order chi connectivity index (χ0) is 13.7. The van der Waals surface area contributed by atoms with Crippen LogP contribution in [0.2, 0.25) is 0 Å². The number of thiazole rings is 1. The van der Waals surface area contributed by atoms with Crippen molar-refractivity contribution in [2.45, 2.75) is 32.6 Å². The van der Waals surface area contributed by atoms with Crippen LogP contribution in [-0.2, 0) is 9.59 Å². The summed E-state index contributed by atoms with van der Waals surface area (Å²) in [6, 6.07) is 0. The van der Waals surface area contributed by atoms with E-state index in [4.69, 9.17) is 0 Å². The highest BCUT2D eigenvalue weighted by Gasteiger charge is 2.27. The lowest BCUT2D eigenvalue weighted by molar-refractivity contribution is -0.138. The standard InChI is InChI=1S/C13H19N3O2S/c1-2-16(12(18)10-5-3-4-6-10)9-11(17)15-13-14-7-8-19-13/h7-8,10H,2-6,9H2,1H3,(H,14,15,17). The van der Waals surface area contributed by atoms with Gasteiger partial charge in [0.15, 0.2) is 5.13 Å². The molecule has 19 heavy (non-hydrogen) atoms. The van der Waals surface area contributed by atoms with Gasteiger partial charge >= 0.3 is 0 Å². The molecule has 0 bridgehead atoms. The Morgan fingerprint density at radius 2 is 2.21 bits per heavy atom. The smallest absolute Gasteiger partial charge is 0.245 e. The fourth-order valence-electron chi connectivity index (χ4n) is 2.39. The second kappa shape index (κ2) is 6.65. The summed E-state index contributed by atoms with van der Waals surface area (Å²) in [6.07, 6.45) is 5.81. The fourth-order valence-corrected chi connectivity index (χ4v) is 2.94. The number of carbonyl (C=O) groups is 2. The van der Waals surface area contributed by atoms with E-state index >= 15 is 0 Å². The van der Waals surface area contributed by atoms with E-state index < -0.39 is 0 Å². The van der Waals surface area contributed by atoms with E-state index in [1.54, 1.807) is 16.5 Å². The number of carbonyl (C=O) groups excluding carboxylic acids is 2. The van der Waals surface area contributed by atoms with Crippen molar-refractivity contribution < 1.29 is 9.59 Å². The lowest BCUT2D eigenvalue weighted by atomic mass is 10.1. The molecule has 0 spiro atoms. The van der Waals surface area contributed by atoms with Crippen LogP contribution in [0.15, 0.2) is 11.6 Å². The van der Waals surface area contributed by atoms with Crippen molar-refractivity contribution in [3.63, 3.8) is 0 Å². The van der Waals surface area contributed by atoms with E-state index in [9.17, 15) is 9.59 Å². The summed E-state index contributed by atoms with van der Waals surface area (Å²) in [6.45, 7) is 2.59. The van der Waals surface area contributed by atoms with Crippen molar-refractivity contribution in [3.05, 3.63) is 11.6 Å². The van der Waals surface area contributed by atoms with Crippen LogP contribution < -0.4 is 5.32 Å². The molecule has 2 rings (SSSR count). The Morgan fingerprint density at radius 3 is 2.79 bits per heavy atom. The van der Waals surface area contributed by atoms with Crippen LogP contribution in [0.5, 0.6) is 0 Å². The monoisotopic (exact) mass is 281 g/mol. The Bertz CT molecular complexity index is 427. The molecule has 0 aliphatic heterocycles. The summed E-state index contributed by atoms with van der Waals surface area (Å²) >= 11 is 1.37. The van der Waals surface area contributed by atoms with Gasteiger partial charge in [0.25, 0.3) is 0 Å². The third kappa shape index (κ3) is 3.76. The number of hydrogen-bond donors (Lipinski definition) is 1. The highest BCUT2D eigenvalue weighted by molar-refractivity contribution is 7.13. The van der Waals surface area contributed by atoms with Crippen LogP contribution in [0.4, 0.5) is 5.13 Å². The number of rotatable bonds is 5. The van der Waals surface area contributed by atoms with Gasteiger partial charge in [-0.2, -0.15) is 0 Å². The normalized spacial score (nSPS) is 15.4. The largest absolute Gasteiger partial charge is 0.333 e. The highest BCUT2D eigenvalue weighted by Crippen LogP contribution is 2.26. The molecule has 6 heteroatoms. The zero-order valence-electron chi connectivity index (χ0n) is 11.1. The quantitative estimate of drug-likeness (QED) is 0.899. The molecular formula is C13H19N3O2S. The van der Waals surface area contributed by atoms with Gasteiger partial charge < -0.3 is 10.2 Å². The molecule has 0 saturated heterocycles. The molecule has 1 saturated carbocycles. The number of hydrogen-bond acceptors (Lipinski definition) is 4. The molecule has 1 aromatic heterocycles. The number of anilines is 1. The van der Waals surface area contributed by atoms with Crippen molar-refractivity contribution in [1.82, 2.24) is 9.88 Å². The first kappa shape index (κ1) is 14.0. The highest BCUT2D eigenvalue weighted by atomic mass is 32.1. The zero-order valence-corrected chi connectivity index (χ0v) is 11.9. The van der Waals surface area contributed by atoms with Gasteiger partial charge in [-0.3, -0.25) is 9.59 Å². The second-order valence-corrected chi connectivity index (χ2v) is 5.61. The van der Waals surface area contributed by atoms with E-state index in [1.165, 1.54) is 11.3 Å². The van der Waals surface area contributed by atoms with Gasteiger partial charge in [0.2, 0.25) is 11.8 Å². The van der Waals surface area contributed by atoms with E-state index in [-0.39, 0.29) is 24.3 Å². The van der Waals surface area contributed by atoms with Crippen LogP contribution in [0, 0.1) is 5.92 Å². The molecule has 1 fully saturated rings. The third-order valence-electron chi connectivity index (χ3n) is 3.41. The summed E-state index contributed by atoms with van der Waals surface area (Å²) in [7, 11) is 0. The molecule has 2 amide bonds. The fraction of sp³-hybridized carbons (Fsp3) is 0.615. The SMILES string of the molecule is CCN(CC(=O)Nc1nccs1)C(=O)C1CCCC1. The third-order valence-corrected chi connectivity index (χ3v) is 4.10.